The van der Waals surface area contributed by atoms with Gasteiger partial charge in [0.05, 0.1) is 45.0 Å². The molecule has 0 N–H and O–H groups in total. The van der Waals surface area contributed by atoms with Crippen molar-refractivity contribution in [2.75, 3.05) is 33.0 Å². The van der Waals surface area contributed by atoms with Crippen molar-refractivity contribution >= 4 is 5.97 Å². The van der Waals surface area contributed by atoms with Crippen molar-refractivity contribution in [3.05, 3.63) is 71.8 Å². The molecule has 2 fully saturated rings. The molecular formula is C23H27NO5. The van der Waals surface area contributed by atoms with Crippen LogP contribution in [0.25, 0.3) is 0 Å². The third kappa shape index (κ3) is 4.21. The lowest BCUT2D eigenvalue weighted by molar-refractivity contribution is -0.144. The van der Waals surface area contributed by atoms with Crippen molar-refractivity contribution in [1.29, 1.82) is 0 Å². The summed E-state index contributed by atoms with van der Waals surface area (Å²) in [6.07, 6.45) is -0.175. The fraction of sp³-hybridized carbons (Fsp3) is 0.435. The second-order valence-electron chi connectivity index (χ2n) is 7.39. The number of nitrogens with zero attached hydrogens (tertiary/aromatic N) is 1. The van der Waals surface area contributed by atoms with Crippen LogP contribution in [0.1, 0.15) is 36.9 Å². The van der Waals surface area contributed by atoms with Gasteiger partial charge >= 0.3 is 5.97 Å². The van der Waals surface area contributed by atoms with Crippen LogP contribution in [0.5, 0.6) is 0 Å². The molecule has 6 heteroatoms. The van der Waals surface area contributed by atoms with E-state index in [9.17, 15) is 4.79 Å². The monoisotopic (exact) mass is 397 g/mol. The Hall–Kier alpha value is -2.25. The Kier molecular flexibility index (Phi) is 6.25. The van der Waals surface area contributed by atoms with E-state index in [1.54, 1.807) is 6.92 Å². The smallest absolute Gasteiger partial charge is 0.308 e. The molecule has 0 spiro atoms. The molecule has 0 aromatic heterocycles. The van der Waals surface area contributed by atoms with Gasteiger partial charge in [0.1, 0.15) is 12.5 Å². The van der Waals surface area contributed by atoms with E-state index < -0.39 is 5.54 Å². The van der Waals surface area contributed by atoms with Crippen LogP contribution in [-0.2, 0) is 23.7 Å². The molecule has 0 saturated carbocycles. The highest BCUT2D eigenvalue weighted by molar-refractivity contribution is 5.69. The number of ether oxygens (including phenoxy) is 4. The van der Waals surface area contributed by atoms with Crippen molar-refractivity contribution in [1.82, 2.24) is 4.90 Å². The first-order valence-electron chi connectivity index (χ1n) is 10.1. The molecule has 0 aliphatic carbocycles. The van der Waals surface area contributed by atoms with Crippen LogP contribution in [0.4, 0.5) is 0 Å². The summed E-state index contributed by atoms with van der Waals surface area (Å²) in [5.74, 6) is -0.239. The number of hydrogen-bond acceptors (Lipinski definition) is 6. The summed E-state index contributed by atoms with van der Waals surface area (Å²) < 4.78 is 23.4. The lowest BCUT2D eigenvalue weighted by Crippen LogP contribution is -2.48. The fourth-order valence-corrected chi connectivity index (χ4v) is 4.00. The number of esters is 1. The normalized spacial score (nSPS) is 26.4. The Morgan fingerprint density at radius 2 is 1.55 bits per heavy atom. The molecular weight excluding hydrogens is 370 g/mol. The van der Waals surface area contributed by atoms with E-state index >= 15 is 0 Å². The Morgan fingerprint density at radius 3 is 2.07 bits per heavy atom. The third-order valence-electron chi connectivity index (χ3n) is 5.37. The van der Waals surface area contributed by atoms with Crippen molar-refractivity contribution in [3.63, 3.8) is 0 Å². The SMILES string of the molecule is CCOC(=O)CCOCC12COC(c3ccccc3)N1C(c1ccccc1)OC2. The summed E-state index contributed by atoms with van der Waals surface area (Å²) in [4.78, 5) is 13.9. The molecule has 2 saturated heterocycles. The number of fused-ring (bicyclic) bond motifs is 1. The van der Waals surface area contributed by atoms with Crippen LogP contribution in [0.3, 0.4) is 0 Å². The zero-order chi connectivity index (χ0) is 20.1. The summed E-state index contributed by atoms with van der Waals surface area (Å²) >= 11 is 0. The number of benzene rings is 2. The molecule has 2 aromatic carbocycles. The van der Waals surface area contributed by atoms with Gasteiger partial charge in [-0.3, -0.25) is 4.79 Å². The van der Waals surface area contributed by atoms with Crippen LogP contribution >= 0.6 is 0 Å². The minimum absolute atomic E-state index is 0.211. The van der Waals surface area contributed by atoms with Gasteiger partial charge in [-0.2, -0.15) is 0 Å². The van der Waals surface area contributed by atoms with Crippen molar-refractivity contribution < 1.29 is 23.7 Å². The van der Waals surface area contributed by atoms with Gasteiger partial charge < -0.3 is 18.9 Å². The van der Waals surface area contributed by atoms with Crippen LogP contribution in [0.15, 0.2) is 60.7 Å². The first kappa shape index (κ1) is 20.0. The maximum atomic E-state index is 11.6. The quantitative estimate of drug-likeness (QED) is 0.502. The van der Waals surface area contributed by atoms with Gasteiger partial charge in [0.2, 0.25) is 0 Å². The number of rotatable bonds is 8. The van der Waals surface area contributed by atoms with Crippen LogP contribution in [0, 0.1) is 0 Å². The Balaban J connectivity index is 1.52. The van der Waals surface area contributed by atoms with Crippen molar-refractivity contribution in [2.24, 2.45) is 0 Å². The number of carbonyl (C=O) groups excluding carboxylic acids is 1. The minimum Gasteiger partial charge on any atom is -0.466 e. The van der Waals surface area contributed by atoms with Crippen LogP contribution < -0.4 is 0 Å². The maximum absolute atomic E-state index is 11.6. The van der Waals surface area contributed by atoms with E-state index in [0.29, 0.717) is 33.0 Å². The van der Waals surface area contributed by atoms with E-state index in [-0.39, 0.29) is 24.8 Å². The highest BCUT2D eigenvalue weighted by Gasteiger charge is 2.56. The lowest BCUT2D eigenvalue weighted by Gasteiger charge is -2.34. The van der Waals surface area contributed by atoms with E-state index in [4.69, 9.17) is 18.9 Å². The first-order chi connectivity index (χ1) is 14.2. The molecule has 6 nitrogen and oxygen atoms in total. The molecule has 0 radical (unpaired) electrons. The molecule has 2 aromatic rings. The molecule has 0 bridgehead atoms. The average molecular weight is 397 g/mol. The van der Waals surface area contributed by atoms with Gasteiger partial charge in [-0.25, -0.2) is 4.90 Å². The van der Waals surface area contributed by atoms with Crippen molar-refractivity contribution in [3.8, 4) is 0 Å². The largest absolute Gasteiger partial charge is 0.466 e. The van der Waals surface area contributed by atoms with Crippen LogP contribution in [-0.4, -0.2) is 49.4 Å². The van der Waals surface area contributed by atoms with Gasteiger partial charge in [0.25, 0.3) is 0 Å². The van der Waals surface area contributed by atoms with Gasteiger partial charge in [-0.15, -0.1) is 0 Å². The Morgan fingerprint density at radius 1 is 1.00 bits per heavy atom. The fourth-order valence-electron chi connectivity index (χ4n) is 4.00. The van der Waals surface area contributed by atoms with Gasteiger partial charge in [-0.05, 0) is 18.1 Å². The average Bonchev–Trinajstić information content (AvgIpc) is 3.30. The third-order valence-corrected chi connectivity index (χ3v) is 5.37. The summed E-state index contributed by atoms with van der Waals surface area (Å²) in [6, 6.07) is 20.4. The van der Waals surface area contributed by atoms with E-state index in [2.05, 4.69) is 29.2 Å². The summed E-state index contributed by atoms with van der Waals surface area (Å²) in [7, 11) is 0. The molecule has 2 unspecified atom stereocenters. The first-order valence-corrected chi connectivity index (χ1v) is 10.1. The molecule has 154 valence electrons. The molecule has 4 rings (SSSR count). The maximum Gasteiger partial charge on any atom is 0.308 e. The highest BCUT2D eigenvalue weighted by atomic mass is 16.6. The predicted molar refractivity (Wildman–Crippen MR) is 107 cm³/mol. The van der Waals surface area contributed by atoms with Crippen molar-refractivity contribution in [2.45, 2.75) is 31.3 Å². The zero-order valence-electron chi connectivity index (χ0n) is 16.7. The molecule has 2 heterocycles. The molecule has 2 atom stereocenters. The second-order valence-corrected chi connectivity index (χ2v) is 7.39. The molecule has 0 amide bonds. The summed E-state index contributed by atoms with van der Waals surface area (Å²) in [6.45, 7) is 3.95. The van der Waals surface area contributed by atoms with E-state index in [0.717, 1.165) is 11.1 Å². The lowest BCUT2D eigenvalue weighted by atomic mass is 10.0. The van der Waals surface area contributed by atoms with Gasteiger partial charge in [0, 0.05) is 0 Å². The minimum atomic E-state index is -0.393. The van der Waals surface area contributed by atoms with Gasteiger partial charge in [0.15, 0.2) is 0 Å². The van der Waals surface area contributed by atoms with E-state index in [1.807, 2.05) is 36.4 Å². The topological polar surface area (TPSA) is 57.2 Å². The highest BCUT2D eigenvalue weighted by Crippen LogP contribution is 2.49. The van der Waals surface area contributed by atoms with Gasteiger partial charge in [-0.1, -0.05) is 60.7 Å². The number of carbonyl (C=O) groups is 1. The van der Waals surface area contributed by atoms with E-state index in [1.165, 1.54) is 0 Å². The molecule has 2 aliphatic heterocycles. The Bertz CT molecular complexity index is 746. The zero-order valence-corrected chi connectivity index (χ0v) is 16.7. The predicted octanol–water partition coefficient (Wildman–Crippen LogP) is 3.46. The van der Waals surface area contributed by atoms with Crippen LogP contribution in [0.2, 0.25) is 0 Å². The summed E-state index contributed by atoms with van der Waals surface area (Å²) in [5, 5.41) is 0. The molecule has 2 aliphatic rings. The number of hydrogen-bond donors (Lipinski definition) is 0. The molecule has 29 heavy (non-hydrogen) atoms. The standard InChI is InChI=1S/C23H27NO5/c1-2-27-20(25)13-14-26-15-23-16-28-21(18-9-5-3-6-10-18)24(23)22(29-17-23)19-11-7-4-8-12-19/h3-12,21-22H,2,13-17H2,1H3. The summed E-state index contributed by atoms with van der Waals surface area (Å²) in [5.41, 5.74) is 1.79. The Labute approximate surface area is 171 Å². The second kappa shape index (κ2) is 9.05.